The minimum atomic E-state index is -0.168. The molecule has 3 aromatic heterocycles. The van der Waals surface area contributed by atoms with E-state index in [1.165, 1.54) is 55.6 Å². The van der Waals surface area contributed by atoms with Gasteiger partial charge in [0.05, 0.1) is 5.69 Å². The number of rotatable bonds is 7. The van der Waals surface area contributed by atoms with E-state index in [-0.39, 0.29) is 53.6 Å². The van der Waals surface area contributed by atoms with Crippen molar-refractivity contribution in [2.75, 3.05) is 9.80 Å². The molecule has 0 N–H and O–H groups in total. The predicted octanol–water partition coefficient (Wildman–Crippen LogP) is 19.5. The van der Waals surface area contributed by atoms with E-state index in [1.807, 2.05) is 36.7 Å². The molecule has 0 saturated heterocycles. The van der Waals surface area contributed by atoms with Crippen LogP contribution in [0.25, 0.3) is 49.9 Å². The summed E-state index contributed by atoms with van der Waals surface area (Å²) >= 11 is 0. The van der Waals surface area contributed by atoms with Gasteiger partial charge in [-0.15, -0.1) is 42.4 Å². The Morgan fingerprint density at radius 1 is 0.436 bits per heavy atom. The largest absolute Gasteiger partial charge is 0.509 e. The predicted molar refractivity (Wildman–Crippen MR) is 325 cm³/mol. The van der Waals surface area contributed by atoms with Crippen molar-refractivity contribution in [2.24, 2.45) is 0 Å². The molecule has 9 aromatic rings. The molecule has 0 radical (unpaired) electrons. The summed E-state index contributed by atoms with van der Waals surface area (Å²) in [6.45, 7) is 43.9. The molecule has 6 aromatic carbocycles. The Labute approximate surface area is 480 Å². The van der Waals surface area contributed by atoms with Crippen LogP contribution in [-0.4, -0.2) is 14.5 Å². The van der Waals surface area contributed by atoms with E-state index in [4.69, 9.17) is 14.7 Å². The van der Waals surface area contributed by atoms with Crippen LogP contribution in [0.3, 0.4) is 0 Å². The van der Waals surface area contributed by atoms with Gasteiger partial charge in [-0.05, 0) is 125 Å². The van der Waals surface area contributed by atoms with Crippen LogP contribution in [0.5, 0.6) is 11.5 Å². The molecule has 0 fully saturated rings. The van der Waals surface area contributed by atoms with Crippen LogP contribution in [0, 0.1) is 18.8 Å². The van der Waals surface area contributed by atoms with Crippen molar-refractivity contribution < 1.29 is 25.8 Å². The zero-order valence-electron chi connectivity index (χ0n) is 49.3. The molecule has 10 rings (SSSR count). The average molecular weight is 1210 g/mol. The summed E-state index contributed by atoms with van der Waals surface area (Å²) in [5.41, 5.74) is 16.8. The quantitative estimate of drug-likeness (QED) is 0.149. The number of benzene rings is 6. The van der Waals surface area contributed by atoms with Gasteiger partial charge in [0.2, 0.25) is 0 Å². The van der Waals surface area contributed by atoms with Gasteiger partial charge in [-0.2, -0.15) is 12.1 Å². The minimum absolute atomic E-state index is 0. The number of hydrogen-bond acceptors (Lipinski definition) is 5. The molecule has 406 valence electrons. The topological polar surface area (TPSA) is 46.4 Å². The molecule has 6 nitrogen and oxygen atoms in total. The molecule has 1 aliphatic rings. The number of nitrogens with zero attached hydrogens (tertiary/aromatic N) is 5. The molecule has 4 heterocycles. The van der Waals surface area contributed by atoms with Crippen LogP contribution in [0.1, 0.15) is 158 Å². The van der Waals surface area contributed by atoms with Crippen LogP contribution in [0.4, 0.5) is 22.9 Å². The number of anilines is 4. The van der Waals surface area contributed by atoms with Crippen LogP contribution in [0.15, 0.2) is 140 Å². The van der Waals surface area contributed by atoms with E-state index in [0.717, 1.165) is 50.5 Å². The molecular weight excluding hydrogens is 1130 g/mol. The molecule has 0 bridgehead atoms. The van der Waals surface area contributed by atoms with Crippen molar-refractivity contribution in [1.82, 2.24) is 14.5 Å². The fraction of sp³-hybridized carbons (Fsp3) is 0.338. The third kappa shape index (κ3) is 10.7. The number of para-hydroxylation sites is 1. The van der Waals surface area contributed by atoms with Gasteiger partial charge in [0, 0.05) is 67.3 Å². The van der Waals surface area contributed by atoms with Gasteiger partial charge >= 0.3 is 0 Å². The van der Waals surface area contributed by atoms with Crippen molar-refractivity contribution >= 4 is 44.7 Å². The molecule has 1 aliphatic heterocycles. The van der Waals surface area contributed by atoms with Crippen molar-refractivity contribution in [1.29, 1.82) is 0 Å². The minimum Gasteiger partial charge on any atom is -0.509 e. The van der Waals surface area contributed by atoms with E-state index in [0.29, 0.717) is 11.5 Å². The standard InChI is InChI=1S/C71H78N5O.Pt/c1-66(2,3)45-28-31-52(58(39-45)70(13,14)15)56-37-48(69(10,11)12)38-57(53-32-29-46(67(4,5)6)40-59(53)71(16,17)18)64(56)75-44-74(65-61(75)27-22-35-73-65)49-23-21-24-50(42-49)77-51-30-33-55-54-25-19-20-26-60(54)76(62(55)43-51)63-41-47(34-36-72-63)68(7,8)9;/h19-41,44H,1-18H3;/q-3;. The second-order valence-electron chi connectivity index (χ2n) is 27.5. The van der Waals surface area contributed by atoms with Crippen molar-refractivity contribution in [3.05, 3.63) is 192 Å². The van der Waals surface area contributed by atoms with Crippen molar-refractivity contribution in [2.45, 2.75) is 157 Å². The first-order valence-corrected chi connectivity index (χ1v) is 27.5. The van der Waals surface area contributed by atoms with Crippen LogP contribution >= 0.6 is 0 Å². The maximum atomic E-state index is 6.79. The Kier molecular flexibility index (Phi) is 14.4. The zero-order chi connectivity index (χ0) is 55.4. The van der Waals surface area contributed by atoms with E-state index >= 15 is 0 Å². The molecule has 0 amide bonds. The molecule has 0 unspecified atom stereocenters. The normalized spacial score (nSPS) is 13.6. The second kappa shape index (κ2) is 20.0. The number of aromatic nitrogens is 3. The molecule has 0 aliphatic carbocycles. The van der Waals surface area contributed by atoms with Gasteiger partial charge in [-0.25, -0.2) is 9.97 Å². The monoisotopic (exact) mass is 1210 g/mol. The fourth-order valence-corrected chi connectivity index (χ4v) is 10.8. The zero-order valence-corrected chi connectivity index (χ0v) is 51.6. The second-order valence-corrected chi connectivity index (χ2v) is 27.5. The molecule has 0 atom stereocenters. The molecule has 7 heteroatoms. The van der Waals surface area contributed by atoms with Crippen molar-refractivity contribution in [3.63, 3.8) is 0 Å². The van der Waals surface area contributed by atoms with Gasteiger partial charge in [0.1, 0.15) is 11.6 Å². The molecule has 0 spiro atoms. The van der Waals surface area contributed by atoms with Crippen molar-refractivity contribution in [3.8, 4) is 39.6 Å². The van der Waals surface area contributed by atoms with Crippen LogP contribution < -0.4 is 14.5 Å². The van der Waals surface area contributed by atoms with Gasteiger partial charge < -0.3 is 19.1 Å². The average Bonchev–Trinajstić information content (AvgIpc) is 4.11. The molecule has 78 heavy (non-hydrogen) atoms. The summed E-state index contributed by atoms with van der Waals surface area (Å²) < 4.78 is 8.99. The Balaban J connectivity index is 0.00000740. The summed E-state index contributed by atoms with van der Waals surface area (Å²) in [5, 5.41) is 2.21. The Morgan fingerprint density at radius 3 is 1.58 bits per heavy atom. The fourth-order valence-electron chi connectivity index (χ4n) is 10.8. The van der Waals surface area contributed by atoms with Crippen LogP contribution in [-0.2, 0) is 53.6 Å². The van der Waals surface area contributed by atoms with E-state index in [2.05, 4.69) is 261 Å². The van der Waals surface area contributed by atoms with E-state index < -0.39 is 0 Å². The van der Waals surface area contributed by atoms with Gasteiger partial charge in [-0.1, -0.05) is 190 Å². The first-order valence-electron chi connectivity index (χ1n) is 27.5. The summed E-state index contributed by atoms with van der Waals surface area (Å²) in [6, 6.07) is 53.9. The molecule has 0 saturated carbocycles. The van der Waals surface area contributed by atoms with Gasteiger partial charge in [0.15, 0.2) is 0 Å². The maximum Gasteiger partial charge on any atom is 0.135 e. The summed E-state index contributed by atoms with van der Waals surface area (Å²) in [4.78, 5) is 14.6. The summed E-state index contributed by atoms with van der Waals surface area (Å²) in [6.07, 6.45) is 3.79. The molecular formula is C71H78N5OPt-3. The Morgan fingerprint density at radius 2 is 1.00 bits per heavy atom. The number of pyridine rings is 2. The SMILES string of the molecule is CC(C)(C)c1ccnc(-n2c3[c-]c(Oc4[c-]c(N5[CH-]N(c6c(-c7ccc(C(C)(C)C)cc7C(C)(C)C)cc(C(C)(C)C)cc6-c6ccc(C(C)(C)C)cc6C(C)(C)C)c6cccnc65)ccc4)ccc3c3ccccc32)c1.[Pt]. The number of ether oxygens (including phenoxy) is 1. The number of fused-ring (bicyclic) bond motifs is 4. The Hall–Kier alpha value is -6.49. The van der Waals surface area contributed by atoms with Gasteiger partial charge in [0.25, 0.3) is 0 Å². The smallest absolute Gasteiger partial charge is 0.135 e. The Bertz CT molecular complexity index is 3630. The third-order valence-corrected chi connectivity index (χ3v) is 15.3. The van der Waals surface area contributed by atoms with E-state index in [1.54, 1.807) is 0 Å². The first kappa shape index (κ1) is 56.2. The summed E-state index contributed by atoms with van der Waals surface area (Å²) in [5.74, 6) is 2.80. The maximum absolute atomic E-state index is 6.79. The first-order chi connectivity index (χ1) is 36.0. The summed E-state index contributed by atoms with van der Waals surface area (Å²) in [7, 11) is 0. The van der Waals surface area contributed by atoms with E-state index in [9.17, 15) is 0 Å². The van der Waals surface area contributed by atoms with Gasteiger partial charge in [-0.3, -0.25) is 0 Å². The number of hydrogen-bond donors (Lipinski definition) is 0. The third-order valence-electron chi connectivity index (χ3n) is 15.3. The van der Waals surface area contributed by atoms with Crippen LogP contribution in [0.2, 0.25) is 0 Å².